The van der Waals surface area contributed by atoms with Gasteiger partial charge in [-0.2, -0.15) is 0 Å². The lowest BCUT2D eigenvalue weighted by molar-refractivity contribution is -0.118. The predicted molar refractivity (Wildman–Crippen MR) is 129 cm³/mol. The molecule has 1 N–H and O–H groups in total. The number of aromatic nitrogens is 1. The van der Waals surface area contributed by atoms with E-state index in [0.29, 0.717) is 22.5 Å². The zero-order valence-electron chi connectivity index (χ0n) is 18.0. The van der Waals surface area contributed by atoms with Crippen molar-refractivity contribution in [1.82, 2.24) is 4.98 Å². The minimum absolute atomic E-state index is 0.137. The average Bonchev–Trinajstić information content (AvgIpc) is 2.86. The van der Waals surface area contributed by atoms with Gasteiger partial charge in [0.15, 0.2) is 12.4 Å². The van der Waals surface area contributed by atoms with E-state index in [1.807, 2.05) is 48.5 Å². The third-order valence-electron chi connectivity index (χ3n) is 4.93. The molecule has 0 bridgehead atoms. The molecule has 33 heavy (non-hydrogen) atoms. The third kappa shape index (κ3) is 5.62. The average molecular weight is 438 g/mol. The number of rotatable bonds is 8. The van der Waals surface area contributed by atoms with Gasteiger partial charge in [0.05, 0.1) is 7.11 Å². The van der Waals surface area contributed by atoms with Crippen LogP contribution in [0.5, 0.6) is 11.5 Å². The second-order valence-electron chi connectivity index (χ2n) is 7.22. The Bertz CT molecular complexity index is 1310. The molecule has 0 spiro atoms. The maximum absolute atomic E-state index is 12.4. The number of hydrogen-bond donors (Lipinski definition) is 1. The largest absolute Gasteiger partial charge is 0.497 e. The molecule has 0 radical (unpaired) electrons. The fourth-order valence-corrected chi connectivity index (χ4v) is 3.26. The van der Waals surface area contributed by atoms with Crippen molar-refractivity contribution in [3.63, 3.8) is 0 Å². The number of nitrogens with zero attached hydrogens (tertiary/aromatic N) is 1. The number of carbonyl (C=O) groups is 2. The quantitative estimate of drug-likeness (QED) is 0.304. The van der Waals surface area contributed by atoms with Gasteiger partial charge in [0.2, 0.25) is 0 Å². The van der Waals surface area contributed by atoms with Crippen molar-refractivity contribution in [2.45, 2.75) is 0 Å². The summed E-state index contributed by atoms with van der Waals surface area (Å²) in [7, 11) is 1.60. The van der Waals surface area contributed by atoms with E-state index in [0.717, 1.165) is 16.7 Å². The number of carbonyl (C=O) groups excluding carboxylic acids is 2. The van der Waals surface area contributed by atoms with E-state index in [4.69, 9.17) is 9.47 Å². The van der Waals surface area contributed by atoms with Crippen molar-refractivity contribution in [3.05, 3.63) is 102 Å². The highest BCUT2D eigenvalue weighted by molar-refractivity contribution is 6.07. The lowest BCUT2D eigenvalue weighted by Gasteiger charge is -2.09. The summed E-state index contributed by atoms with van der Waals surface area (Å²) in [6.45, 7) is -0.153. The summed E-state index contributed by atoms with van der Waals surface area (Å²) in [5.74, 6) is 0.833. The number of allylic oxidation sites excluding steroid dienone is 1. The molecule has 0 aliphatic rings. The lowest BCUT2D eigenvalue weighted by atomic mass is 10.1. The number of ketones is 1. The van der Waals surface area contributed by atoms with Crippen LogP contribution in [-0.4, -0.2) is 30.4 Å². The summed E-state index contributed by atoms with van der Waals surface area (Å²) in [6.07, 6.45) is 4.93. The summed E-state index contributed by atoms with van der Waals surface area (Å²) >= 11 is 0. The van der Waals surface area contributed by atoms with Crippen molar-refractivity contribution in [2.24, 2.45) is 0 Å². The number of hydrogen-bond acceptors (Lipinski definition) is 5. The van der Waals surface area contributed by atoms with Crippen LogP contribution in [-0.2, 0) is 4.79 Å². The standard InChI is InChI=1S/C27H22N2O4/c1-32-23-8-2-5-19(17-23)10-15-24(30)20-11-13-22(14-12-20)29-26(31)18-33-25-9-3-6-21-7-4-16-28-27(21)25/h2-17H,18H2,1H3,(H,29,31)/b15-10+. The van der Waals surface area contributed by atoms with Gasteiger partial charge >= 0.3 is 0 Å². The van der Waals surface area contributed by atoms with Crippen LogP contribution >= 0.6 is 0 Å². The van der Waals surface area contributed by atoms with Crippen LogP contribution in [0, 0.1) is 0 Å². The van der Waals surface area contributed by atoms with Crippen LogP contribution in [0.4, 0.5) is 5.69 Å². The molecule has 4 aromatic rings. The van der Waals surface area contributed by atoms with Gasteiger partial charge in [-0.05, 0) is 60.2 Å². The number of para-hydroxylation sites is 1. The van der Waals surface area contributed by atoms with E-state index in [9.17, 15) is 9.59 Å². The molecule has 6 heteroatoms. The van der Waals surface area contributed by atoms with Crippen molar-refractivity contribution < 1.29 is 19.1 Å². The van der Waals surface area contributed by atoms with Crippen LogP contribution in [0.25, 0.3) is 17.0 Å². The topological polar surface area (TPSA) is 77.5 Å². The van der Waals surface area contributed by atoms with Gasteiger partial charge in [-0.3, -0.25) is 14.6 Å². The van der Waals surface area contributed by atoms with E-state index in [1.54, 1.807) is 49.7 Å². The lowest BCUT2D eigenvalue weighted by Crippen LogP contribution is -2.20. The molecule has 0 atom stereocenters. The summed E-state index contributed by atoms with van der Waals surface area (Å²) in [5, 5.41) is 3.71. The second-order valence-corrected chi connectivity index (χ2v) is 7.22. The molecule has 1 aromatic heterocycles. The van der Waals surface area contributed by atoms with Crippen LogP contribution < -0.4 is 14.8 Å². The fraction of sp³-hybridized carbons (Fsp3) is 0.0741. The number of pyridine rings is 1. The maximum Gasteiger partial charge on any atom is 0.262 e. The molecule has 0 aliphatic carbocycles. The van der Waals surface area contributed by atoms with Gasteiger partial charge in [0.25, 0.3) is 5.91 Å². The van der Waals surface area contributed by atoms with Gasteiger partial charge in [-0.15, -0.1) is 0 Å². The molecule has 0 saturated heterocycles. The maximum atomic E-state index is 12.4. The normalized spacial score (nSPS) is 10.8. The molecule has 164 valence electrons. The highest BCUT2D eigenvalue weighted by atomic mass is 16.5. The Kier molecular flexibility index (Phi) is 6.75. The summed E-state index contributed by atoms with van der Waals surface area (Å²) in [6, 6.07) is 23.5. The van der Waals surface area contributed by atoms with Gasteiger partial charge < -0.3 is 14.8 Å². The molecule has 0 aliphatic heterocycles. The highest BCUT2D eigenvalue weighted by Crippen LogP contribution is 2.23. The smallest absolute Gasteiger partial charge is 0.262 e. The monoisotopic (exact) mass is 438 g/mol. The number of anilines is 1. The first-order valence-electron chi connectivity index (χ1n) is 10.4. The van der Waals surface area contributed by atoms with Crippen LogP contribution in [0.15, 0.2) is 91.1 Å². The molecule has 3 aromatic carbocycles. The minimum atomic E-state index is -0.306. The molecule has 6 nitrogen and oxygen atoms in total. The molecular formula is C27H22N2O4. The first-order valence-corrected chi connectivity index (χ1v) is 10.4. The highest BCUT2D eigenvalue weighted by Gasteiger charge is 2.08. The van der Waals surface area contributed by atoms with E-state index in [1.165, 1.54) is 6.08 Å². The van der Waals surface area contributed by atoms with Crippen molar-refractivity contribution in [2.75, 3.05) is 19.0 Å². The second kappa shape index (κ2) is 10.2. The number of methoxy groups -OCH3 is 1. The SMILES string of the molecule is COc1cccc(/C=C/C(=O)c2ccc(NC(=O)COc3cccc4cccnc34)cc2)c1. The van der Waals surface area contributed by atoms with Crippen molar-refractivity contribution in [1.29, 1.82) is 0 Å². The molecule has 0 saturated carbocycles. The first kappa shape index (κ1) is 21.8. The van der Waals surface area contributed by atoms with Gasteiger partial charge in [-0.1, -0.05) is 36.4 Å². The summed E-state index contributed by atoms with van der Waals surface area (Å²) in [5.41, 5.74) is 2.67. The molecule has 0 fully saturated rings. The Hall–Kier alpha value is -4.45. The van der Waals surface area contributed by atoms with Crippen LogP contribution in [0.2, 0.25) is 0 Å². The van der Waals surface area contributed by atoms with Crippen LogP contribution in [0.1, 0.15) is 15.9 Å². The molecule has 0 unspecified atom stereocenters. The Balaban J connectivity index is 1.33. The predicted octanol–water partition coefficient (Wildman–Crippen LogP) is 5.16. The molecule has 1 amide bonds. The Labute approximate surface area is 191 Å². The molecule has 1 heterocycles. The van der Waals surface area contributed by atoms with Gasteiger partial charge in [-0.25, -0.2) is 0 Å². The Morgan fingerprint density at radius 3 is 2.58 bits per heavy atom. The number of nitrogens with one attached hydrogen (secondary N) is 1. The third-order valence-corrected chi connectivity index (χ3v) is 4.93. The Morgan fingerprint density at radius 1 is 0.970 bits per heavy atom. The number of ether oxygens (including phenoxy) is 2. The fourth-order valence-electron chi connectivity index (χ4n) is 3.26. The number of fused-ring (bicyclic) bond motifs is 1. The van der Waals surface area contributed by atoms with E-state index >= 15 is 0 Å². The first-order chi connectivity index (χ1) is 16.1. The molecular weight excluding hydrogens is 416 g/mol. The van der Waals surface area contributed by atoms with Crippen LogP contribution in [0.3, 0.4) is 0 Å². The van der Waals surface area contributed by atoms with Crippen molar-refractivity contribution >= 4 is 34.4 Å². The van der Waals surface area contributed by atoms with E-state index in [2.05, 4.69) is 10.3 Å². The Morgan fingerprint density at radius 2 is 1.76 bits per heavy atom. The van der Waals surface area contributed by atoms with Gasteiger partial charge in [0.1, 0.15) is 17.0 Å². The van der Waals surface area contributed by atoms with E-state index < -0.39 is 0 Å². The molecule has 4 rings (SSSR count). The summed E-state index contributed by atoms with van der Waals surface area (Å²) < 4.78 is 10.8. The van der Waals surface area contributed by atoms with Gasteiger partial charge in [0, 0.05) is 22.8 Å². The van der Waals surface area contributed by atoms with E-state index in [-0.39, 0.29) is 18.3 Å². The minimum Gasteiger partial charge on any atom is -0.497 e. The number of amides is 1. The zero-order valence-corrected chi connectivity index (χ0v) is 18.0. The number of benzene rings is 3. The summed E-state index contributed by atoms with van der Waals surface area (Å²) in [4.78, 5) is 29.1. The van der Waals surface area contributed by atoms with Crippen molar-refractivity contribution in [3.8, 4) is 11.5 Å². The zero-order chi connectivity index (χ0) is 23.0.